The fourth-order valence-electron chi connectivity index (χ4n) is 2.97. The number of carboxylic acids is 1. The molecule has 3 nitrogen and oxygen atoms in total. The van der Waals surface area contributed by atoms with Gasteiger partial charge in [0.1, 0.15) is 6.54 Å². The van der Waals surface area contributed by atoms with E-state index < -0.39 is 5.97 Å². The number of unbranched alkanes of at least 4 members (excludes halogenated alkanes) is 10. The fraction of sp³-hybridized carbons (Fsp3) is 0.739. The summed E-state index contributed by atoms with van der Waals surface area (Å²) in [5, 5.41) is 8.89. The molecule has 0 saturated heterocycles. The maximum Gasteiger partial charge on any atom is 0.169 e. The Morgan fingerprint density at radius 1 is 0.808 bits per heavy atom. The third-order valence-electron chi connectivity index (χ3n) is 4.55. The van der Waals surface area contributed by atoms with E-state index in [1.165, 1.54) is 95.6 Å². The number of aryl methyl sites for hydroxylation is 2. The van der Waals surface area contributed by atoms with Crippen LogP contribution in [0.4, 0.5) is 0 Å². The number of carboxylic acid groups (broad SMARTS) is 1. The lowest BCUT2D eigenvalue weighted by Crippen LogP contribution is -2.32. The smallest absolute Gasteiger partial charge is 0.169 e. The largest absolute Gasteiger partial charge is 0.550 e. The van der Waals surface area contributed by atoms with Crippen LogP contribution in [-0.2, 0) is 17.8 Å². The molecule has 1 rings (SSSR count). The van der Waals surface area contributed by atoms with Gasteiger partial charge in [0.2, 0.25) is 0 Å². The van der Waals surface area contributed by atoms with Crippen molar-refractivity contribution in [2.45, 2.75) is 111 Å². The van der Waals surface area contributed by atoms with E-state index in [0.717, 1.165) is 6.92 Å². The number of carbonyl (C=O) groups is 1. The average Bonchev–Trinajstić information content (AvgIpc) is 2.62. The van der Waals surface area contributed by atoms with Crippen LogP contribution < -0.4 is 9.67 Å². The van der Waals surface area contributed by atoms with Crippen LogP contribution in [0.15, 0.2) is 24.5 Å². The molecule has 1 aromatic heterocycles. The van der Waals surface area contributed by atoms with Gasteiger partial charge in [-0.2, -0.15) is 0 Å². The van der Waals surface area contributed by atoms with Crippen LogP contribution in [0.5, 0.6) is 0 Å². The van der Waals surface area contributed by atoms with Crippen LogP contribution in [0.25, 0.3) is 0 Å². The number of aromatic nitrogens is 1. The summed E-state index contributed by atoms with van der Waals surface area (Å²) in [4.78, 5) is 8.89. The number of hydrogen-bond acceptors (Lipinski definition) is 2. The lowest BCUT2D eigenvalue weighted by molar-refractivity contribution is -0.697. The first-order valence-electron chi connectivity index (χ1n) is 10.8. The molecule has 26 heavy (non-hydrogen) atoms. The van der Waals surface area contributed by atoms with Crippen molar-refractivity contribution in [2.75, 3.05) is 0 Å². The van der Waals surface area contributed by atoms with Crippen molar-refractivity contribution in [3.8, 4) is 0 Å². The van der Waals surface area contributed by atoms with E-state index in [2.05, 4.69) is 42.9 Å². The molecule has 0 amide bonds. The van der Waals surface area contributed by atoms with Crippen molar-refractivity contribution < 1.29 is 14.5 Å². The minimum absolute atomic E-state index is 0.972. The predicted octanol–water partition coefficient (Wildman–Crippen LogP) is 4.99. The molecule has 1 aromatic rings. The van der Waals surface area contributed by atoms with Crippen LogP contribution in [0.3, 0.4) is 0 Å². The van der Waals surface area contributed by atoms with E-state index in [4.69, 9.17) is 9.90 Å². The molecule has 0 atom stereocenters. The number of hydrogen-bond donors (Lipinski definition) is 0. The van der Waals surface area contributed by atoms with Crippen molar-refractivity contribution in [3.05, 3.63) is 30.1 Å². The van der Waals surface area contributed by atoms with Gasteiger partial charge in [-0.15, -0.1) is 0 Å². The molecule has 1 heterocycles. The van der Waals surface area contributed by atoms with Crippen molar-refractivity contribution >= 4 is 5.97 Å². The predicted molar refractivity (Wildman–Crippen MR) is 108 cm³/mol. The summed E-state index contributed by atoms with van der Waals surface area (Å²) in [7, 11) is 0. The zero-order valence-electron chi connectivity index (χ0n) is 17.5. The first-order chi connectivity index (χ1) is 12.6. The van der Waals surface area contributed by atoms with Gasteiger partial charge in [-0.1, -0.05) is 71.6 Å². The summed E-state index contributed by atoms with van der Waals surface area (Å²) in [6, 6.07) is 4.60. The van der Waals surface area contributed by atoms with Crippen molar-refractivity contribution in [1.82, 2.24) is 0 Å². The zero-order chi connectivity index (χ0) is 19.5. The summed E-state index contributed by atoms with van der Waals surface area (Å²) in [5.41, 5.74) is 1.49. The van der Waals surface area contributed by atoms with Crippen molar-refractivity contribution in [3.63, 3.8) is 0 Å². The Labute approximate surface area is 161 Å². The Bertz CT molecular complexity index is 424. The molecule has 0 fully saturated rings. The highest BCUT2D eigenvalue weighted by atomic mass is 16.4. The minimum Gasteiger partial charge on any atom is -0.550 e. The molecular weight excluding hydrogens is 322 g/mol. The molecule has 150 valence electrons. The van der Waals surface area contributed by atoms with E-state index in [-0.39, 0.29) is 0 Å². The average molecular weight is 364 g/mol. The highest BCUT2D eigenvalue weighted by Gasteiger charge is 2.01. The molecule has 0 saturated carbocycles. The van der Waals surface area contributed by atoms with Gasteiger partial charge in [0.05, 0.1) is 0 Å². The summed E-state index contributed by atoms with van der Waals surface area (Å²) < 4.78 is 2.35. The summed E-state index contributed by atoms with van der Waals surface area (Å²) in [6.45, 7) is 6.70. The number of aliphatic carboxylic acids is 1. The van der Waals surface area contributed by atoms with E-state index in [0.29, 0.717) is 0 Å². The van der Waals surface area contributed by atoms with Gasteiger partial charge in [0, 0.05) is 24.5 Å². The van der Waals surface area contributed by atoms with E-state index in [9.17, 15) is 0 Å². The second-order valence-corrected chi connectivity index (χ2v) is 7.22. The van der Waals surface area contributed by atoms with Crippen molar-refractivity contribution in [2.24, 2.45) is 0 Å². The molecule has 0 bridgehead atoms. The Kier molecular flexibility index (Phi) is 17.4. The first kappa shape index (κ1) is 24.6. The molecule has 0 aliphatic heterocycles. The molecule has 0 radical (unpaired) electrons. The number of carbonyl (C=O) groups excluding carboxylic acids is 1. The monoisotopic (exact) mass is 363 g/mol. The Morgan fingerprint density at radius 3 is 1.69 bits per heavy atom. The van der Waals surface area contributed by atoms with Gasteiger partial charge in [-0.3, -0.25) is 0 Å². The second kappa shape index (κ2) is 18.4. The van der Waals surface area contributed by atoms with E-state index in [1.807, 2.05) is 0 Å². The Hall–Kier alpha value is -1.38. The minimum atomic E-state index is -1.08. The third-order valence-corrected chi connectivity index (χ3v) is 4.55. The molecule has 0 spiro atoms. The van der Waals surface area contributed by atoms with Gasteiger partial charge in [-0.25, -0.2) is 4.57 Å². The topological polar surface area (TPSA) is 44.0 Å². The summed E-state index contributed by atoms with van der Waals surface area (Å²) in [5.74, 6) is -1.08. The molecule has 0 aliphatic rings. The molecule has 0 unspecified atom stereocenters. The van der Waals surface area contributed by atoms with Gasteiger partial charge >= 0.3 is 0 Å². The molecule has 0 N–H and O–H groups in total. The molecule has 0 aliphatic carbocycles. The Morgan fingerprint density at radius 2 is 1.23 bits per heavy atom. The highest BCUT2D eigenvalue weighted by Crippen LogP contribution is 2.10. The molecule has 3 heteroatoms. The summed E-state index contributed by atoms with van der Waals surface area (Å²) in [6.07, 6.45) is 22.5. The maximum atomic E-state index is 8.89. The quantitative estimate of drug-likeness (QED) is 0.345. The standard InChI is InChI=1S/C21H38N.C2H4O2/c1-3-5-7-8-9-10-11-12-13-14-18-22-19-16-21(17-20-22)15-6-4-2;1-2(3)4/h16-17,19-20H,3-15,18H2,1-2H3;1H3,(H,3,4)/q+1;/p-1. The zero-order valence-corrected chi connectivity index (χ0v) is 17.5. The van der Waals surface area contributed by atoms with Gasteiger partial charge in [0.15, 0.2) is 12.4 Å². The molecule has 0 aromatic carbocycles. The van der Waals surface area contributed by atoms with Crippen LogP contribution in [0.1, 0.15) is 103 Å². The Balaban J connectivity index is 0.00000141. The number of nitrogens with zero attached hydrogens (tertiary/aromatic N) is 1. The van der Waals surface area contributed by atoms with Gasteiger partial charge in [-0.05, 0) is 31.7 Å². The van der Waals surface area contributed by atoms with Gasteiger partial charge < -0.3 is 9.90 Å². The van der Waals surface area contributed by atoms with Crippen LogP contribution >= 0.6 is 0 Å². The van der Waals surface area contributed by atoms with Crippen molar-refractivity contribution in [1.29, 1.82) is 0 Å². The number of pyridine rings is 1. The fourth-order valence-corrected chi connectivity index (χ4v) is 2.97. The lowest BCUT2D eigenvalue weighted by atomic mass is 10.1. The van der Waals surface area contributed by atoms with Gasteiger partial charge in [0.25, 0.3) is 0 Å². The van der Waals surface area contributed by atoms with Crippen LogP contribution in [0, 0.1) is 0 Å². The SMILES string of the molecule is CC(=O)[O-].CCCCCCCCCCCC[n+]1ccc(CCCC)cc1. The lowest BCUT2D eigenvalue weighted by Gasteiger charge is -2.02. The maximum absolute atomic E-state index is 8.89. The highest BCUT2D eigenvalue weighted by molar-refractivity contribution is 5.60. The normalized spacial score (nSPS) is 10.3. The summed E-state index contributed by atoms with van der Waals surface area (Å²) >= 11 is 0. The van der Waals surface area contributed by atoms with E-state index in [1.54, 1.807) is 0 Å². The first-order valence-corrected chi connectivity index (χ1v) is 10.8. The van der Waals surface area contributed by atoms with Crippen LogP contribution in [0.2, 0.25) is 0 Å². The number of rotatable bonds is 14. The van der Waals surface area contributed by atoms with E-state index >= 15 is 0 Å². The molecular formula is C23H41NO2. The third kappa shape index (κ3) is 17.4. The van der Waals surface area contributed by atoms with Crippen LogP contribution in [-0.4, -0.2) is 5.97 Å². The second-order valence-electron chi connectivity index (χ2n) is 7.22.